The van der Waals surface area contributed by atoms with Gasteiger partial charge in [0.15, 0.2) is 0 Å². The number of nitro benzene ring substituents is 1. The quantitative estimate of drug-likeness (QED) is 0.390. The Morgan fingerprint density at radius 2 is 1.92 bits per heavy atom. The molecule has 1 aliphatic rings. The van der Waals surface area contributed by atoms with Crippen molar-refractivity contribution in [1.29, 1.82) is 0 Å². The molecule has 0 radical (unpaired) electrons. The predicted octanol–water partition coefficient (Wildman–Crippen LogP) is 2.25. The summed E-state index contributed by atoms with van der Waals surface area (Å²) < 4.78 is 5.63. The molecule has 132 valence electrons. The number of amides is 4. The van der Waals surface area contributed by atoms with Crippen LogP contribution in [0.3, 0.4) is 0 Å². The van der Waals surface area contributed by atoms with Crippen molar-refractivity contribution < 1.29 is 23.7 Å². The number of non-ortho nitro benzene ring substituents is 1. The normalized spacial score (nSPS) is 16.2. The van der Waals surface area contributed by atoms with Gasteiger partial charge in [0, 0.05) is 24.7 Å². The highest BCUT2D eigenvalue weighted by atomic mass is 16.6. The largest absolute Gasteiger partial charge is 0.457 e. The van der Waals surface area contributed by atoms with E-state index in [1.807, 2.05) is 5.32 Å². The third-order valence-electron chi connectivity index (χ3n) is 3.90. The topological polar surface area (TPSA) is 123 Å². The first-order chi connectivity index (χ1) is 12.3. The SMILES string of the molecule is Cc1cc([N+](=O)[O-])ccc1-c1ccc(/C=C2\C(=O)NC(=O)N(C)C2=O)o1. The van der Waals surface area contributed by atoms with Crippen LogP contribution in [-0.4, -0.2) is 34.7 Å². The first kappa shape index (κ1) is 17.1. The van der Waals surface area contributed by atoms with E-state index in [0.29, 0.717) is 16.9 Å². The van der Waals surface area contributed by atoms with Crippen LogP contribution in [0.4, 0.5) is 10.5 Å². The first-order valence-corrected chi connectivity index (χ1v) is 7.48. The van der Waals surface area contributed by atoms with Crippen molar-refractivity contribution in [2.24, 2.45) is 0 Å². The second kappa shape index (κ2) is 6.28. The van der Waals surface area contributed by atoms with Crippen LogP contribution in [0, 0.1) is 17.0 Å². The Bertz CT molecular complexity index is 988. The van der Waals surface area contributed by atoms with Gasteiger partial charge in [-0.1, -0.05) is 0 Å². The Hall–Kier alpha value is -3.75. The van der Waals surface area contributed by atoms with E-state index in [1.54, 1.807) is 25.1 Å². The molecule has 1 saturated heterocycles. The van der Waals surface area contributed by atoms with Gasteiger partial charge < -0.3 is 4.42 Å². The zero-order chi connectivity index (χ0) is 19.0. The van der Waals surface area contributed by atoms with Gasteiger partial charge in [0.1, 0.15) is 17.1 Å². The Kier molecular flexibility index (Phi) is 4.13. The van der Waals surface area contributed by atoms with Crippen molar-refractivity contribution >= 4 is 29.6 Å². The molecule has 9 heteroatoms. The molecule has 0 aliphatic carbocycles. The lowest BCUT2D eigenvalue weighted by Crippen LogP contribution is -2.52. The molecule has 2 aromatic rings. The van der Waals surface area contributed by atoms with Crippen molar-refractivity contribution in [3.8, 4) is 11.3 Å². The number of carbonyl (C=O) groups excluding carboxylic acids is 3. The lowest BCUT2D eigenvalue weighted by molar-refractivity contribution is -0.384. The molecule has 4 amide bonds. The highest BCUT2D eigenvalue weighted by molar-refractivity contribution is 6.30. The van der Waals surface area contributed by atoms with Crippen LogP contribution in [-0.2, 0) is 9.59 Å². The number of likely N-dealkylation sites (N-methyl/N-ethyl adjacent to an activating group) is 1. The molecule has 1 N–H and O–H groups in total. The van der Waals surface area contributed by atoms with Gasteiger partial charge in [-0.05, 0) is 36.8 Å². The molecule has 1 fully saturated rings. The number of aryl methyl sites for hydroxylation is 1. The van der Waals surface area contributed by atoms with Gasteiger partial charge in [0.05, 0.1) is 4.92 Å². The maximum Gasteiger partial charge on any atom is 0.331 e. The number of imide groups is 2. The number of nitro groups is 1. The van der Waals surface area contributed by atoms with Gasteiger partial charge in [0.2, 0.25) is 0 Å². The molecule has 1 aromatic carbocycles. The summed E-state index contributed by atoms with van der Waals surface area (Å²) in [6.07, 6.45) is 1.24. The average molecular weight is 355 g/mol. The molecule has 9 nitrogen and oxygen atoms in total. The molecule has 2 heterocycles. The van der Waals surface area contributed by atoms with Crippen molar-refractivity contribution in [2.45, 2.75) is 6.92 Å². The van der Waals surface area contributed by atoms with E-state index in [2.05, 4.69) is 0 Å². The highest BCUT2D eigenvalue weighted by Gasteiger charge is 2.33. The molecule has 0 spiro atoms. The minimum absolute atomic E-state index is 0.0303. The van der Waals surface area contributed by atoms with Crippen LogP contribution in [0.2, 0.25) is 0 Å². The van der Waals surface area contributed by atoms with Crippen molar-refractivity contribution in [2.75, 3.05) is 7.05 Å². The summed E-state index contributed by atoms with van der Waals surface area (Å²) in [5.74, 6) is -0.873. The minimum Gasteiger partial charge on any atom is -0.457 e. The summed E-state index contributed by atoms with van der Waals surface area (Å²) in [6.45, 7) is 1.71. The highest BCUT2D eigenvalue weighted by Crippen LogP contribution is 2.29. The third-order valence-corrected chi connectivity index (χ3v) is 3.90. The number of nitrogens with one attached hydrogen (secondary N) is 1. The molecule has 26 heavy (non-hydrogen) atoms. The maximum atomic E-state index is 12.1. The van der Waals surface area contributed by atoms with Crippen LogP contribution in [0.25, 0.3) is 17.4 Å². The van der Waals surface area contributed by atoms with E-state index in [0.717, 1.165) is 4.90 Å². The van der Waals surface area contributed by atoms with Crippen LogP contribution in [0.1, 0.15) is 11.3 Å². The van der Waals surface area contributed by atoms with Gasteiger partial charge in [-0.3, -0.25) is 29.9 Å². The van der Waals surface area contributed by atoms with Crippen molar-refractivity contribution in [3.63, 3.8) is 0 Å². The van der Waals surface area contributed by atoms with Crippen LogP contribution in [0.5, 0.6) is 0 Å². The fourth-order valence-electron chi connectivity index (χ4n) is 2.50. The monoisotopic (exact) mass is 355 g/mol. The first-order valence-electron chi connectivity index (χ1n) is 7.48. The van der Waals surface area contributed by atoms with Gasteiger partial charge >= 0.3 is 6.03 Å². The average Bonchev–Trinajstić information content (AvgIpc) is 3.05. The summed E-state index contributed by atoms with van der Waals surface area (Å²) in [5, 5.41) is 12.9. The Labute approximate surface area is 147 Å². The fourth-order valence-corrected chi connectivity index (χ4v) is 2.50. The van der Waals surface area contributed by atoms with E-state index in [1.165, 1.54) is 25.3 Å². The summed E-state index contributed by atoms with van der Waals surface area (Å²) >= 11 is 0. The molecule has 1 aromatic heterocycles. The zero-order valence-corrected chi connectivity index (χ0v) is 13.8. The van der Waals surface area contributed by atoms with Crippen LogP contribution < -0.4 is 5.32 Å². The van der Waals surface area contributed by atoms with E-state index >= 15 is 0 Å². The summed E-state index contributed by atoms with van der Waals surface area (Å²) in [6, 6.07) is 6.74. The second-order valence-corrected chi connectivity index (χ2v) is 5.64. The number of furan rings is 1. The molecule has 1 aliphatic heterocycles. The smallest absolute Gasteiger partial charge is 0.331 e. The molecular formula is C17H13N3O6. The Balaban J connectivity index is 1.93. The zero-order valence-electron chi connectivity index (χ0n) is 13.8. The van der Waals surface area contributed by atoms with Crippen LogP contribution >= 0.6 is 0 Å². The van der Waals surface area contributed by atoms with Crippen molar-refractivity contribution in [3.05, 3.63) is 57.3 Å². The van der Waals surface area contributed by atoms with Crippen molar-refractivity contribution in [1.82, 2.24) is 10.2 Å². The van der Waals surface area contributed by atoms with Gasteiger partial charge in [0.25, 0.3) is 17.5 Å². The molecule has 3 rings (SSSR count). The lowest BCUT2D eigenvalue weighted by atomic mass is 10.1. The van der Waals surface area contributed by atoms with E-state index in [4.69, 9.17) is 4.42 Å². The van der Waals surface area contributed by atoms with E-state index in [-0.39, 0.29) is 17.0 Å². The minimum atomic E-state index is -0.803. The number of carbonyl (C=O) groups is 3. The summed E-state index contributed by atoms with van der Waals surface area (Å²) in [4.78, 5) is 46.4. The standard InChI is InChI=1S/C17H13N3O6/c1-9-7-10(20(24)25)3-5-12(9)14-6-4-11(26-14)8-13-15(21)18-17(23)19(2)16(13)22/h3-8H,1-2H3,(H,18,21,23)/b13-8+. The number of barbiturate groups is 1. The van der Waals surface area contributed by atoms with E-state index < -0.39 is 22.8 Å². The maximum absolute atomic E-state index is 12.1. The van der Waals surface area contributed by atoms with E-state index in [9.17, 15) is 24.5 Å². The van der Waals surface area contributed by atoms with Gasteiger partial charge in [-0.15, -0.1) is 0 Å². The number of nitrogens with zero attached hydrogens (tertiary/aromatic N) is 2. The molecule has 0 atom stereocenters. The Morgan fingerprint density at radius 1 is 1.19 bits per heavy atom. The Morgan fingerprint density at radius 3 is 2.58 bits per heavy atom. The molecular weight excluding hydrogens is 342 g/mol. The number of hydrogen-bond donors (Lipinski definition) is 1. The predicted molar refractivity (Wildman–Crippen MR) is 89.8 cm³/mol. The molecule has 0 saturated carbocycles. The number of hydrogen-bond acceptors (Lipinski definition) is 6. The lowest BCUT2D eigenvalue weighted by Gasteiger charge is -2.21. The van der Waals surface area contributed by atoms with Gasteiger partial charge in [-0.2, -0.15) is 0 Å². The third kappa shape index (κ3) is 2.97. The fraction of sp³-hybridized carbons (Fsp3) is 0.118. The van der Waals surface area contributed by atoms with Gasteiger partial charge in [-0.25, -0.2) is 4.79 Å². The molecule has 0 unspecified atom stereocenters. The summed E-state index contributed by atoms with van der Waals surface area (Å²) in [7, 11) is 1.26. The van der Waals surface area contributed by atoms with Crippen LogP contribution in [0.15, 0.2) is 40.3 Å². The molecule has 0 bridgehead atoms. The number of benzene rings is 1. The summed E-state index contributed by atoms with van der Waals surface area (Å²) in [5.41, 5.74) is 1.03. The number of rotatable bonds is 3. The second-order valence-electron chi connectivity index (χ2n) is 5.64. The number of urea groups is 1.